The molecule has 1 aliphatic carbocycles. The van der Waals surface area contributed by atoms with E-state index < -0.39 is 0 Å². The number of fused-ring (bicyclic) bond motifs is 1. The highest BCUT2D eigenvalue weighted by Gasteiger charge is 2.29. The lowest BCUT2D eigenvalue weighted by Gasteiger charge is -2.35. The Kier molecular flexibility index (Phi) is 4.38. The number of piperazine rings is 1. The van der Waals surface area contributed by atoms with Gasteiger partial charge >= 0.3 is 0 Å². The van der Waals surface area contributed by atoms with Crippen molar-refractivity contribution in [2.75, 3.05) is 31.1 Å². The van der Waals surface area contributed by atoms with E-state index in [4.69, 9.17) is 9.97 Å². The van der Waals surface area contributed by atoms with Crippen LogP contribution in [0.5, 0.6) is 0 Å². The van der Waals surface area contributed by atoms with Gasteiger partial charge in [0.05, 0.1) is 22.5 Å². The number of nitrogens with zero attached hydrogens (tertiary/aromatic N) is 8. The van der Waals surface area contributed by atoms with Crippen molar-refractivity contribution < 1.29 is 0 Å². The van der Waals surface area contributed by atoms with E-state index in [0.717, 1.165) is 49.8 Å². The Morgan fingerprint density at radius 2 is 1.93 bits per heavy atom. The van der Waals surface area contributed by atoms with Gasteiger partial charge in [0, 0.05) is 38.3 Å². The zero-order valence-corrected chi connectivity index (χ0v) is 17.2. The molecule has 152 valence electrons. The van der Waals surface area contributed by atoms with Crippen LogP contribution in [0.15, 0.2) is 30.5 Å². The van der Waals surface area contributed by atoms with Crippen LogP contribution in [0.1, 0.15) is 29.5 Å². The lowest BCUT2D eigenvalue weighted by molar-refractivity contribution is 0.249. The molecule has 0 unspecified atom stereocenters. The molecule has 0 bridgehead atoms. The molecule has 1 N–H and O–H groups in total. The molecular formula is C20H21N9S. The van der Waals surface area contributed by atoms with Crippen molar-refractivity contribution in [2.45, 2.75) is 25.3 Å². The Morgan fingerprint density at radius 1 is 1.07 bits per heavy atom. The Balaban J connectivity index is 1.20. The van der Waals surface area contributed by atoms with Crippen LogP contribution in [0.2, 0.25) is 0 Å². The number of rotatable bonds is 5. The predicted molar refractivity (Wildman–Crippen MR) is 114 cm³/mol. The highest BCUT2D eigenvalue weighted by atomic mass is 32.1. The minimum absolute atomic E-state index is 0.497. The van der Waals surface area contributed by atoms with E-state index in [2.05, 4.69) is 53.6 Å². The van der Waals surface area contributed by atoms with Gasteiger partial charge in [0.2, 0.25) is 5.82 Å². The Hall–Kier alpha value is -2.98. The zero-order chi connectivity index (χ0) is 19.9. The molecule has 10 heteroatoms. The van der Waals surface area contributed by atoms with Crippen molar-refractivity contribution in [3.63, 3.8) is 0 Å². The van der Waals surface area contributed by atoms with Crippen LogP contribution in [0.4, 0.5) is 5.82 Å². The summed E-state index contributed by atoms with van der Waals surface area (Å²) in [5.41, 5.74) is 2.87. The van der Waals surface area contributed by atoms with Gasteiger partial charge in [0.25, 0.3) is 0 Å². The first-order valence-corrected chi connectivity index (χ1v) is 11.1. The monoisotopic (exact) mass is 419 g/mol. The van der Waals surface area contributed by atoms with Crippen molar-refractivity contribution in [1.82, 2.24) is 40.5 Å². The third kappa shape index (κ3) is 3.41. The summed E-state index contributed by atoms with van der Waals surface area (Å²) in [5, 5.41) is 15.7. The summed E-state index contributed by atoms with van der Waals surface area (Å²) in [6.07, 6.45) is 4.27. The molecule has 4 aromatic rings. The van der Waals surface area contributed by atoms with Crippen LogP contribution in [-0.4, -0.2) is 66.7 Å². The Morgan fingerprint density at radius 3 is 2.70 bits per heavy atom. The number of aromatic nitrogens is 7. The van der Waals surface area contributed by atoms with Crippen LogP contribution in [-0.2, 0) is 6.54 Å². The molecule has 0 amide bonds. The van der Waals surface area contributed by atoms with Crippen molar-refractivity contribution >= 4 is 27.4 Å². The number of hydrogen-bond acceptors (Lipinski definition) is 9. The van der Waals surface area contributed by atoms with Crippen LogP contribution in [0.25, 0.3) is 21.7 Å². The van der Waals surface area contributed by atoms with Gasteiger partial charge in [-0.25, -0.2) is 15.0 Å². The topological polar surface area (TPSA) is 99.6 Å². The number of aromatic amines is 1. The average Bonchev–Trinajstić information content (AvgIpc) is 3.33. The van der Waals surface area contributed by atoms with E-state index in [1.54, 1.807) is 11.3 Å². The van der Waals surface area contributed by atoms with Crippen LogP contribution >= 0.6 is 11.3 Å². The Labute approximate surface area is 177 Å². The van der Waals surface area contributed by atoms with Crippen molar-refractivity contribution in [2.24, 2.45) is 0 Å². The first-order valence-electron chi connectivity index (χ1n) is 10.3. The fraction of sp³-hybridized carbons (Fsp3) is 0.400. The molecular weight excluding hydrogens is 398 g/mol. The smallest absolute Gasteiger partial charge is 0.226 e. The molecule has 1 saturated heterocycles. The number of anilines is 1. The average molecular weight is 420 g/mol. The maximum Gasteiger partial charge on any atom is 0.226 e. The van der Waals surface area contributed by atoms with Gasteiger partial charge in [-0.1, -0.05) is 12.1 Å². The van der Waals surface area contributed by atoms with Gasteiger partial charge in [-0.3, -0.25) is 4.90 Å². The van der Waals surface area contributed by atoms with Crippen molar-refractivity contribution in [1.29, 1.82) is 0 Å². The fourth-order valence-electron chi connectivity index (χ4n) is 3.91. The molecule has 0 radical (unpaired) electrons. The van der Waals surface area contributed by atoms with E-state index in [1.165, 1.54) is 22.5 Å². The normalized spacial score (nSPS) is 17.7. The number of nitrogens with one attached hydrogen (secondary N) is 1. The summed E-state index contributed by atoms with van der Waals surface area (Å²) >= 11 is 1.79. The predicted octanol–water partition coefficient (Wildman–Crippen LogP) is 2.47. The number of tetrazole rings is 1. The molecule has 0 atom stereocenters. The second-order valence-electron chi connectivity index (χ2n) is 7.82. The van der Waals surface area contributed by atoms with Gasteiger partial charge in [-0.2, -0.15) is 5.21 Å². The number of benzene rings is 1. The lowest BCUT2D eigenvalue weighted by atomic mass is 10.2. The first kappa shape index (κ1) is 17.8. The van der Waals surface area contributed by atoms with E-state index in [1.807, 2.05) is 12.3 Å². The van der Waals surface area contributed by atoms with Gasteiger partial charge in [0.15, 0.2) is 11.5 Å². The van der Waals surface area contributed by atoms with Crippen LogP contribution in [0.3, 0.4) is 0 Å². The third-order valence-electron chi connectivity index (χ3n) is 5.69. The third-order valence-corrected chi connectivity index (χ3v) is 6.72. The molecule has 30 heavy (non-hydrogen) atoms. The van der Waals surface area contributed by atoms with Crippen molar-refractivity contribution in [3.8, 4) is 11.5 Å². The van der Waals surface area contributed by atoms with Crippen LogP contribution < -0.4 is 4.90 Å². The van der Waals surface area contributed by atoms with E-state index in [-0.39, 0.29) is 0 Å². The summed E-state index contributed by atoms with van der Waals surface area (Å²) < 4.78 is 1.25. The zero-order valence-electron chi connectivity index (χ0n) is 16.4. The molecule has 6 rings (SSSR count). The summed E-state index contributed by atoms with van der Waals surface area (Å²) in [6.45, 7) is 4.57. The number of para-hydroxylation sites is 1. The number of hydrogen-bond donors (Lipinski definition) is 1. The van der Waals surface area contributed by atoms with E-state index in [0.29, 0.717) is 17.4 Å². The molecule has 1 aliphatic heterocycles. The van der Waals surface area contributed by atoms with Gasteiger partial charge < -0.3 is 4.90 Å². The van der Waals surface area contributed by atoms with Gasteiger partial charge in [0.1, 0.15) is 5.01 Å². The largest absolute Gasteiger partial charge is 0.352 e. The minimum atomic E-state index is 0.497. The standard InChI is InChI=1S/C20H21N9S/c1-2-4-16-14(3-1)22-17(30-16)12-28-7-9-29(10-8-28)20-18(19-24-26-27-25-19)21-11-15(23-20)13-5-6-13/h1-4,11,13H,5-10,12H2,(H,24,25,26,27). The molecule has 2 fully saturated rings. The SMILES string of the molecule is c1ccc2sc(CN3CCN(c4nc(C5CC5)cnc4-c4nn[nH]n4)CC3)nc2c1. The lowest BCUT2D eigenvalue weighted by Crippen LogP contribution is -2.46. The second-order valence-corrected chi connectivity index (χ2v) is 8.93. The van der Waals surface area contributed by atoms with Crippen molar-refractivity contribution in [3.05, 3.63) is 41.2 Å². The molecule has 1 aromatic carbocycles. The quantitative estimate of drug-likeness (QED) is 0.527. The molecule has 1 saturated carbocycles. The fourth-order valence-corrected chi connectivity index (χ4v) is 4.92. The molecule has 2 aliphatic rings. The number of H-pyrrole nitrogens is 1. The molecule has 4 heterocycles. The highest BCUT2D eigenvalue weighted by Crippen LogP contribution is 2.40. The van der Waals surface area contributed by atoms with E-state index >= 15 is 0 Å². The first-order chi connectivity index (χ1) is 14.8. The summed E-state index contributed by atoms with van der Waals surface area (Å²) in [6, 6.07) is 8.33. The summed E-state index contributed by atoms with van der Waals surface area (Å²) in [7, 11) is 0. The molecule has 0 spiro atoms. The number of thiazole rings is 1. The Bertz CT molecular complexity index is 1130. The summed E-state index contributed by atoms with van der Waals surface area (Å²) in [5.74, 6) is 1.92. The second kappa shape index (κ2) is 7.37. The molecule has 9 nitrogen and oxygen atoms in total. The maximum absolute atomic E-state index is 4.97. The van der Waals surface area contributed by atoms with Crippen LogP contribution in [0, 0.1) is 0 Å². The van der Waals surface area contributed by atoms with Gasteiger partial charge in [-0.05, 0) is 30.2 Å². The van der Waals surface area contributed by atoms with E-state index in [9.17, 15) is 0 Å². The van der Waals surface area contributed by atoms with Gasteiger partial charge in [-0.15, -0.1) is 21.5 Å². The minimum Gasteiger partial charge on any atom is -0.352 e. The summed E-state index contributed by atoms with van der Waals surface area (Å²) in [4.78, 5) is 19.2. The molecule has 3 aromatic heterocycles. The maximum atomic E-state index is 4.97. The highest BCUT2D eigenvalue weighted by molar-refractivity contribution is 7.18.